The summed E-state index contributed by atoms with van der Waals surface area (Å²) in [6.45, 7) is 1.48. The summed E-state index contributed by atoms with van der Waals surface area (Å²) in [5.41, 5.74) is 10.3. The van der Waals surface area contributed by atoms with Crippen LogP contribution >= 0.6 is 11.6 Å². The van der Waals surface area contributed by atoms with Crippen LogP contribution in [0.4, 0.5) is 0 Å². The minimum absolute atomic E-state index is 0.0213. The van der Waals surface area contributed by atoms with E-state index in [9.17, 15) is 9.59 Å². The van der Waals surface area contributed by atoms with E-state index in [1.165, 1.54) is 22.3 Å². The molecule has 5 N–H and O–H groups in total. The number of nitrogens with one attached hydrogen (secondary N) is 1. The number of ether oxygens (including phenoxy) is 1. The second kappa shape index (κ2) is 11.6. The highest BCUT2D eigenvalue weighted by atomic mass is 35.5. The molecule has 200 valence electrons. The normalized spacial score (nSPS) is 13.6. The highest BCUT2D eigenvalue weighted by Crippen LogP contribution is 2.39. The smallest absolute Gasteiger partial charge is 0.269 e. The third-order valence-corrected chi connectivity index (χ3v) is 6.80. The molecule has 0 unspecified atom stereocenters. The zero-order valence-electron chi connectivity index (χ0n) is 21.8. The van der Waals surface area contributed by atoms with Crippen LogP contribution in [-0.2, 0) is 4.79 Å². The lowest BCUT2D eigenvalue weighted by molar-refractivity contribution is -0.130. The Morgan fingerprint density at radius 2 is 1.97 bits per heavy atom. The summed E-state index contributed by atoms with van der Waals surface area (Å²) in [7, 11) is 5.05. The standard InChI is InChI=1S/C28H33ClN6O3/c1-33(2)28(37)25-16-22-21(23-15-20(29)6-7-26(23)38-3)13-19(14-24(22)32-25)18-5-4-10-34(17-18)27(36)8-11-35(31)12-9-30/h5-7,9,12-16,32H,4,8,10-11,17,30-31H2,1-3H3/b12-9-. The van der Waals surface area contributed by atoms with E-state index in [0.29, 0.717) is 36.1 Å². The summed E-state index contributed by atoms with van der Waals surface area (Å²) < 4.78 is 5.66. The molecular formula is C28H33ClN6O3. The molecule has 2 heterocycles. The van der Waals surface area contributed by atoms with Crippen molar-refractivity contribution in [1.82, 2.24) is 19.8 Å². The Hall–Kier alpha value is -3.95. The molecule has 38 heavy (non-hydrogen) atoms. The first-order valence-corrected chi connectivity index (χ1v) is 12.7. The van der Waals surface area contributed by atoms with Gasteiger partial charge in [-0.15, -0.1) is 0 Å². The molecule has 4 rings (SSSR count). The Balaban J connectivity index is 1.74. The van der Waals surface area contributed by atoms with Gasteiger partial charge in [0.1, 0.15) is 11.4 Å². The number of nitrogens with zero attached hydrogens (tertiary/aromatic N) is 3. The molecule has 2 amide bonds. The fourth-order valence-electron chi connectivity index (χ4n) is 4.63. The second-order valence-corrected chi connectivity index (χ2v) is 9.81. The van der Waals surface area contributed by atoms with Crippen molar-refractivity contribution in [3.63, 3.8) is 0 Å². The van der Waals surface area contributed by atoms with Crippen LogP contribution in [-0.4, -0.2) is 72.4 Å². The Bertz CT molecular complexity index is 1410. The van der Waals surface area contributed by atoms with Crippen molar-refractivity contribution in [2.45, 2.75) is 12.8 Å². The number of aromatic nitrogens is 1. The second-order valence-electron chi connectivity index (χ2n) is 9.37. The van der Waals surface area contributed by atoms with E-state index in [1.807, 2.05) is 29.2 Å². The molecular weight excluding hydrogens is 504 g/mol. The van der Waals surface area contributed by atoms with E-state index < -0.39 is 0 Å². The van der Waals surface area contributed by atoms with Crippen LogP contribution in [0, 0.1) is 0 Å². The topological polar surface area (TPSA) is 121 Å². The quantitative estimate of drug-likeness (QED) is 0.297. The van der Waals surface area contributed by atoms with Crippen molar-refractivity contribution in [3.8, 4) is 16.9 Å². The highest BCUT2D eigenvalue weighted by Gasteiger charge is 2.22. The number of amides is 2. The van der Waals surface area contributed by atoms with Crippen molar-refractivity contribution in [3.05, 3.63) is 71.2 Å². The summed E-state index contributed by atoms with van der Waals surface area (Å²) in [6.07, 6.45) is 6.04. The number of H-pyrrole nitrogens is 1. The van der Waals surface area contributed by atoms with Crippen molar-refractivity contribution < 1.29 is 14.3 Å². The number of benzene rings is 2. The van der Waals surface area contributed by atoms with Crippen molar-refractivity contribution >= 4 is 39.9 Å². The summed E-state index contributed by atoms with van der Waals surface area (Å²) in [5.74, 6) is 6.38. The van der Waals surface area contributed by atoms with Gasteiger partial charge < -0.3 is 30.3 Å². The van der Waals surface area contributed by atoms with Crippen LogP contribution in [0.15, 0.2) is 54.9 Å². The number of carbonyl (C=O) groups excluding carboxylic acids is 2. The van der Waals surface area contributed by atoms with E-state index in [-0.39, 0.29) is 18.2 Å². The number of hydrazine groups is 1. The maximum Gasteiger partial charge on any atom is 0.269 e. The number of fused-ring (bicyclic) bond motifs is 1. The number of hydrogen-bond acceptors (Lipinski definition) is 6. The number of carbonyl (C=O) groups is 2. The van der Waals surface area contributed by atoms with Gasteiger partial charge in [-0.2, -0.15) is 0 Å². The molecule has 0 saturated carbocycles. The van der Waals surface area contributed by atoms with Crippen LogP contribution in [0.3, 0.4) is 0 Å². The Morgan fingerprint density at radius 1 is 1.18 bits per heavy atom. The molecule has 0 saturated heterocycles. The predicted octanol–water partition coefficient (Wildman–Crippen LogP) is 3.81. The van der Waals surface area contributed by atoms with Crippen LogP contribution < -0.4 is 16.3 Å². The molecule has 3 aromatic rings. The van der Waals surface area contributed by atoms with Crippen molar-refractivity contribution in [1.29, 1.82) is 0 Å². The Kier molecular flexibility index (Phi) is 8.29. The summed E-state index contributed by atoms with van der Waals surface area (Å²) in [4.78, 5) is 32.4. The molecule has 10 heteroatoms. The third-order valence-electron chi connectivity index (χ3n) is 6.56. The van der Waals surface area contributed by atoms with Crippen molar-refractivity contribution in [2.75, 3.05) is 40.8 Å². The van der Waals surface area contributed by atoms with E-state index >= 15 is 0 Å². The summed E-state index contributed by atoms with van der Waals surface area (Å²) in [5, 5.41) is 2.85. The minimum Gasteiger partial charge on any atom is -0.496 e. The molecule has 0 radical (unpaired) electrons. The lowest BCUT2D eigenvalue weighted by Crippen LogP contribution is -2.38. The number of rotatable bonds is 8. The van der Waals surface area contributed by atoms with Gasteiger partial charge in [0.2, 0.25) is 5.91 Å². The number of aromatic amines is 1. The molecule has 0 fully saturated rings. The molecule has 1 aliphatic heterocycles. The van der Waals surface area contributed by atoms with Crippen molar-refractivity contribution in [2.24, 2.45) is 11.6 Å². The van der Waals surface area contributed by atoms with Gasteiger partial charge in [-0.1, -0.05) is 17.7 Å². The van der Waals surface area contributed by atoms with Gasteiger partial charge in [0.25, 0.3) is 5.91 Å². The first-order valence-electron chi connectivity index (χ1n) is 12.3. The van der Waals surface area contributed by atoms with E-state index in [0.717, 1.165) is 39.6 Å². The fraction of sp³-hybridized carbons (Fsp3) is 0.286. The van der Waals surface area contributed by atoms with Gasteiger partial charge in [0.15, 0.2) is 0 Å². The van der Waals surface area contributed by atoms with Gasteiger partial charge in [0, 0.05) is 74.0 Å². The predicted molar refractivity (Wildman–Crippen MR) is 151 cm³/mol. The maximum atomic E-state index is 12.9. The van der Waals surface area contributed by atoms with Crippen LogP contribution in [0.5, 0.6) is 5.75 Å². The Labute approximate surface area is 227 Å². The molecule has 1 aromatic heterocycles. The molecule has 0 bridgehead atoms. The van der Waals surface area contributed by atoms with Crippen LogP contribution in [0.1, 0.15) is 28.9 Å². The first kappa shape index (κ1) is 27.1. The third kappa shape index (κ3) is 5.79. The number of nitrogens with two attached hydrogens (primary N) is 2. The lowest BCUT2D eigenvalue weighted by Gasteiger charge is -2.28. The molecule has 9 nitrogen and oxygen atoms in total. The van der Waals surface area contributed by atoms with E-state index in [4.69, 9.17) is 27.9 Å². The number of halogens is 1. The first-order chi connectivity index (χ1) is 18.2. The highest BCUT2D eigenvalue weighted by molar-refractivity contribution is 6.31. The average molecular weight is 537 g/mol. The van der Waals surface area contributed by atoms with E-state index in [2.05, 4.69) is 17.1 Å². The average Bonchev–Trinajstić information content (AvgIpc) is 3.35. The van der Waals surface area contributed by atoms with Gasteiger partial charge in [-0.05, 0) is 59.5 Å². The van der Waals surface area contributed by atoms with E-state index in [1.54, 1.807) is 27.3 Å². The van der Waals surface area contributed by atoms with Crippen LogP contribution in [0.25, 0.3) is 27.6 Å². The zero-order chi connectivity index (χ0) is 27.4. The molecule has 0 spiro atoms. The van der Waals surface area contributed by atoms with Gasteiger partial charge in [-0.25, -0.2) is 5.84 Å². The fourth-order valence-corrected chi connectivity index (χ4v) is 4.80. The minimum atomic E-state index is -0.126. The Morgan fingerprint density at radius 3 is 2.68 bits per heavy atom. The molecule has 1 aliphatic rings. The molecule has 2 aromatic carbocycles. The number of hydrogen-bond donors (Lipinski definition) is 3. The lowest BCUT2D eigenvalue weighted by atomic mass is 9.93. The molecule has 0 atom stereocenters. The van der Waals surface area contributed by atoms with Crippen LogP contribution in [0.2, 0.25) is 5.02 Å². The zero-order valence-corrected chi connectivity index (χ0v) is 22.6. The SMILES string of the molecule is COc1ccc(Cl)cc1-c1cc(C2=CCCN(C(=O)CCN(N)/C=C\N)C2)cc2[nH]c(C(=O)N(C)C)cc12. The summed E-state index contributed by atoms with van der Waals surface area (Å²) >= 11 is 6.38. The van der Waals surface area contributed by atoms with Gasteiger partial charge in [0.05, 0.1) is 7.11 Å². The largest absolute Gasteiger partial charge is 0.496 e. The molecule has 0 aliphatic carbocycles. The summed E-state index contributed by atoms with van der Waals surface area (Å²) in [6, 6.07) is 11.4. The van der Waals surface area contributed by atoms with Gasteiger partial charge in [-0.3, -0.25) is 9.59 Å². The number of methoxy groups -OCH3 is 1. The van der Waals surface area contributed by atoms with Gasteiger partial charge >= 0.3 is 0 Å². The maximum absolute atomic E-state index is 12.9. The monoisotopic (exact) mass is 536 g/mol.